The van der Waals surface area contributed by atoms with Crippen molar-refractivity contribution in [2.24, 2.45) is 0 Å². The number of nitrogens with one attached hydrogen (secondary N) is 1. The summed E-state index contributed by atoms with van der Waals surface area (Å²) in [5.74, 6) is 0. The third-order valence-electron chi connectivity index (χ3n) is 3.18. The highest BCUT2D eigenvalue weighted by molar-refractivity contribution is 7.17. The number of rotatable bonds is 4. The van der Waals surface area contributed by atoms with E-state index in [1.807, 2.05) is 35.7 Å². The maximum Gasteiger partial charge on any atom is 0.0832 e. The number of aromatic nitrogens is 1. The number of hydrogen-bond donors (Lipinski definition) is 3. The number of aliphatic hydroxyl groups is 1. The highest BCUT2D eigenvalue weighted by Gasteiger charge is 2.07. The predicted octanol–water partition coefficient (Wildman–Crippen LogP) is 2.98. The predicted molar refractivity (Wildman–Crippen MR) is 83.7 cm³/mol. The van der Waals surface area contributed by atoms with Gasteiger partial charge in [-0.25, -0.2) is 0 Å². The fraction of sp³-hybridized carbons (Fsp3) is 0.133. The number of fused-ring (bicyclic) bond motifs is 1. The van der Waals surface area contributed by atoms with Gasteiger partial charge in [0.05, 0.1) is 34.4 Å². The van der Waals surface area contributed by atoms with Gasteiger partial charge in [-0.05, 0) is 22.6 Å². The lowest BCUT2D eigenvalue weighted by molar-refractivity contribution is 0.282. The van der Waals surface area contributed by atoms with Gasteiger partial charge in [0.1, 0.15) is 0 Å². The van der Waals surface area contributed by atoms with E-state index in [2.05, 4.69) is 10.3 Å². The van der Waals surface area contributed by atoms with Gasteiger partial charge < -0.3 is 16.2 Å². The molecule has 0 unspecified atom stereocenters. The molecule has 3 aromatic rings. The number of pyridine rings is 1. The normalized spacial score (nSPS) is 10.8. The summed E-state index contributed by atoms with van der Waals surface area (Å²) in [6.45, 7) is 0.758. The van der Waals surface area contributed by atoms with Gasteiger partial charge in [0.25, 0.3) is 0 Å². The van der Waals surface area contributed by atoms with Crippen LogP contribution in [-0.4, -0.2) is 10.1 Å². The maximum absolute atomic E-state index is 9.03. The van der Waals surface area contributed by atoms with Gasteiger partial charge in [-0.1, -0.05) is 24.3 Å². The van der Waals surface area contributed by atoms with E-state index < -0.39 is 0 Å². The van der Waals surface area contributed by atoms with Gasteiger partial charge >= 0.3 is 0 Å². The minimum absolute atomic E-state index is 0.0703. The van der Waals surface area contributed by atoms with Crippen molar-refractivity contribution in [3.05, 3.63) is 53.0 Å². The van der Waals surface area contributed by atoms with Crippen LogP contribution < -0.4 is 11.1 Å². The van der Waals surface area contributed by atoms with Gasteiger partial charge in [0.15, 0.2) is 0 Å². The van der Waals surface area contributed by atoms with Crippen molar-refractivity contribution < 1.29 is 5.11 Å². The van der Waals surface area contributed by atoms with Crippen molar-refractivity contribution >= 4 is 32.9 Å². The number of aliphatic hydroxyl groups excluding tert-OH is 1. The first-order valence-electron chi connectivity index (χ1n) is 6.32. The molecule has 2 heterocycles. The molecule has 2 aromatic heterocycles. The van der Waals surface area contributed by atoms with Crippen molar-refractivity contribution in [3.8, 4) is 0 Å². The Morgan fingerprint density at radius 3 is 2.65 bits per heavy atom. The molecule has 0 aliphatic rings. The van der Waals surface area contributed by atoms with E-state index in [1.54, 1.807) is 17.5 Å². The molecular weight excluding hydrogens is 270 g/mol. The SMILES string of the molecule is Nc1cnc2ccsc2c1NCc1ccc(CO)cc1. The third-order valence-corrected chi connectivity index (χ3v) is 4.10. The summed E-state index contributed by atoms with van der Waals surface area (Å²) in [4.78, 5) is 4.30. The molecule has 0 spiro atoms. The van der Waals surface area contributed by atoms with E-state index in [4.69, 9.17) is 10.8 Å². The zero-order valence-corrected chi connectivity index (χ0v) is 11.7. The van der Waals surface area contributed by atoms with E-state index in [-0.39, 0.29) is 6.61 Å². The van der Waals surface area contributed by atoms with Crippen LogP contribution in [-0.2, 0) is 13.2 Å². The highest BCUT2D eigenvalue weighted by atomic mass is 32.1. The Kier molecular flexibility index (Phi) is 3.54. The van der Waals surface area contributed by atoms with Crippen molar-refractivity contribution in [3.63, 3.8) is 0 Å². The first kappa shape index (κ1) is 12.9. The van der Waals surface area contributed by atoms with Crippen LogP contribution in [0, 0.1) is 0 Å². The van der Waals surface area contributed by atoms with Gasteiger partial charge in [-0.15, -0.1) is 11.3 Å². The van der Waals surface area contributed by atoms with Crippen LogP contribution in [0.4, 0.5) is 11.4 Å². The molecule has 4 N–H and O–H groups in total. The van der Waals surface area contributed by atoms with Crippen molar-refractivity contribution in [1.82, 2.24) is 4.98 Å². The fourth-order valence-electron chi connectivity index (χ4n) is 2.06. The standard InChI is InChI=1S/C15H15N3OS/c16-12-8-17-13-5-6-20-15(13)14(12)18-7-10-1-3-11(9-19)4-2-10/h1-6,8,19H,7,9,16H2,(H,17,18). The number of nitrogen functional groups attached to an aromatic ring is 1. The quantitative estimate of drug-likeness (QED) is 0.689. The van der Waals surface area contributed by atoms with Crippen LogP contribution in [0.5, 0.6) is 0 Å². The molecule has 3 rings (SSSR count). The monoisotopic (exact) mass is 285 g/mol. The number of benzene rings is 1. The molecule has 4 nitrogen and oxygen atoms in total. The molecule has 0 amide bonds. The Hall–Kier alpha value is -2.11. The second-order valence-corrected chi connectivity index (χ2v) is 5.47. The Morgan fingerprint density at radius 1 is 1.15 bits per heavy atom. The van der Waals surface area contributed by atoms with Crippen LogP contribution in [0.25, 0.3) is 10.2 Å². The molecule has 1 aromatic carbocycles. The maximum atomic E-state index is 9.03. The number of nitrogens with zero attached hydrogens (tertiary/aromatic N) is 1. The van der Waals surface area contributed by atoms with Crippen molar-refractivity contribution in [1.29, 1.82) is 0 Å². The smallest absolute Gasteiger partial charge is 0.0832 e. The van der Waals surface area contributed by atoms with Crippen molar-refractivity contribution in [2.45, 2.75) is 13.2 Å². The number of nitrogens with two attached hydrogens (primary N) is 1. The topological polar surface area (TPSA) is 71.2 Å². The largest absolute Gasteiger partial charge is 0.396 e. The lowest BCUT2D eigenvalue weighted by Crippen LogP contribution is -2.03. The molecule has 0 saturated carbocycles. The Bertz CT molecular complexity index is 722. The average molecular weight is 285 g/mol. The van der Waals surface area contributed by atoms with E-state index in [1.165, 1.54) is 0 Å². The van der Waals surface area contributed by atoms with E-state index in [9.17, 15) is 0 Å². The Balaban J connectivity index is 1.82. The second kappa shape index (κ2) is 5.48. The molecule has 0 fully saturated rings. The molecular formula is C15H15N3OS. The first-order valence-corrected chi connectivity index (χ1v) is 7.20. The second-order valence-electron chi connectivity index (χ2n) is 4.55. The lowest BCUT2D eigenvalue weighted by Gasteiger charge is -2.10. The van der Waals surface area contributed by atoms with Crippen LogP contribution in [0.3, 0.4) is 0 Å². The zero-order valence-electron chi connectivity index (χ0n) is 10.8. The van der Waals surface area contributed by atoms with Crippen LogP contribution >= 0.6 is 11.3 Å². The molecule has 0 saturated heterocycles. The summed E-state index contributed by atoms with van der Waals surface area (Å²) in [6, 6.07) is 9.84. The average Bonchev–Trinajstić information content (AvgIpc) is 2.95. The zero-order chi connectivity index (χ0) is 13.9. The van der Waals surface area contributed by atoms with E-state index in [0.717, 1.165) is 27.0 Å². The van der Waals surface area contributed by atoms with Gasteiger partial charge in [0.2, 0.25) is 0 Å². The summed E-state index contributed by atoms with van der Waals surface area (Å²) in [6.07, 6.45) is 1.69. The van der Waals surface area contributed by atoms with Gasteiger partial charge in [-0.2, -0.15) is 0 Å². The van der Waals surface area contributed by atoms with Crippen LogP contribution in [0.15, 0.2) is 41.9 Å². The molecule has 0 aliphatic carbocycles. The fourth-order valence-corrected chi connectivity index (χ4v) is 2.94. The summed E-state index contributed by atoms with van der Waals surface area (Å²) < 4.78 is 1.08. The third kappa shape index (κ3) is 2.45. The molecule has 0 atom stereocenters. The summed E-state index contributed by atoms with van der Waals surface area (Å²) in [7, 11) is 0. The van der Waals surface area contributed by atoms with Crippen LogP contribution in [0.2, 0.25) is 0 Å². The molecule has 20 heavy (non-hydrogen) atoms. The highest BCUT2D eigenvalue weighted by Crippen LogP contribution is 2.32. The van der Waals surface area contributed by atoms with Crippen molar-refractivity contribution in [2.75, 3.05) is 11.1 Å². The Morgan fingerprint density at radius 2 is 1.90 bits per heavy atom. The van der Waals surface area contributed by atoms with Gasteiger partial charge in [-0.3, -0.25) is 4.98 Å². The summed E-state index contributed by atoms with van der Waals surface area (Å²) >= 11 is 1.63. The summed E-state index contributed by atoms with van der Waals surface area (Å²) in [5, 5.41) is 14.4. The molecule has 102 valence electrons. The Labute approximate surface area is 120 Å². The van der Waals surface area contributed by atoms with Gasteiger partial charge in [0, 0.05) is 6.54 Å². The number of hydrogen-bond acceptors (Lipinski definition) is 5. The number of anilines is 2. The minimum atomic E-state index is 0.0703. The molecule has 0 aliphatic heterocycles. The summed E-state index contributed by atoms with van der Waals surface area (Å²) in [5.41, 5.74) is 10.6. The lowest BCUT2D eigenvalue weighted by atomic mass is 10.1. The van der Waals surface area contributed by atoms with Crippen LogP contribution in [0.1, 0.15) is 11.1 Å². The molecule has 0 radical (unpaired) electrons. The molecule has 0 bridgehead atoms. The van der Waals surface area contributed by atoms with E-state index in [0.29, 0.717) is 12.2 Å². The molecule has 5 heteroatoms. The first-order chi connectivity index (χ1) is 9.78. The number of thiophene rings is 1. The minimum Gasteiger partial charge on any atom is -0.396 e. The van der Waals surface area contributed by atoms with E-state index >= 15 is 0 Å².